The highest BCUT2D eigenvalue weighted by atomic mass is 127. The number of alkyl halides is 3. The third-order valence-electron chi connectivity index (χ3n) is 5.24. The number of guanidine groups is 1. The van der Waals surface area contributed by atoms with Gasteiger partial charge in [-0.25, -0.2) is 4.99 Å². The summed E-state index contributed by atoms with van der Waals surface area (Å²) in [6, 6.07) is 13.7. The van der Waals surface area contributed by atoms with E-state index in [1.54, 1.807) is 0 Å². The zero-order valence-corrected chi connectivity index (χ0v) is 19.8. The quantitative estimate of drug-likeness (QED) is 0.269. The summed E-state index contributed by atoms with van der Waals surface area (Å²) in [5.74, 6) is 0.395. The molecule has 4 N–H and O–H groups in total. The van der Waals surface area contributed by atoms with Crippen LogP contribution in [0.15, 0.2) is 53.5 Å². The van der Waals surface area contributed by atoms with Gasteiger partial charge in [0.05, 0.1) is 6.54 Å². The Morgan fingerprint density at radius 1 is 1.06 bits per heavy atom. The van der Waals surface area contributed by atoms with Crippen LogP contribution in [0.3, 0.4) is 0 Å². The van der Waals surface area contributed by atoms with E-state index in [1.807, 2.05) is 12.1 Å². The molecule has 2 aromatic carbocycles. The summed E-state index contributed by atoms with van der Waals surface area (Å²) in [5, 5.41) is 12.3. The molecule has 32 heavy (non-hydrogen) atoms. The van der Waals surface area contributed by atoms with Gasteiger partial charge in [0, 0.05) is 31.9 Å². The van der Waals surface area contributed by atoms with Gasteiger partial charge >= 0.3 is 6.36 Å². The predicted octanol–water partition coefficient (Wildman–Crippen LogP) is 4.02. The summed E-state index contributed by atoms with van der Waals surface area (Å²) in [6.07, 6.45) is -2.70. The highest BCUT2D eigenvalue weighted by Crippen LogP contribution is 2.24. The van der Waals surface area contributed by atoms with Crippen molar-refractivity contribution in [1.29, 1.82) is 0 Å². The van der Waals surface area contributed by atoms with Gasteiger partial charge in [0.2, 0.25) is 0 Å². The minimum Gasteiger partial charge on any atom is -0.406 e. The second kappa shape index (κ2) is 12.1. The number of halogens is 4. The SMILES string of the molecule is I.NC(=NCc1ccc(OC(F)(F)F)cc1)NCc1ccc(N2CCC(CO)CC2)cc1. The summed E-state index contributed by atoms with van der Waals surface area (Å²) in [4.78, 5) is 6.54. The number of aliphatic hydroxyl groups is 1. The summed E-state index contributed by atoms with van der Waals surface area (Å²) >= 11 is 0. The number of anilines is 1. The first-order valence-electron chi connectivity index (χ1n) is 10.2. The second-order valence-electron chi connectivity index (χ2n) is 7.53. The summed E-state index contributed by atoms with van der Waals surface area (Å²) in [7, 11) is 0. The van der Waals surface area contributed by atoms with Crippen LogP contribution in [-0.2, 0) is 13.1 Å². The zero-order valence-electron chi connectivity index (χ0n) is 17.5. The molecule has 1 aliphatic rings. The summed E-state index contributed by atoms with van der Waals surface area (Å²) in [5.41, 5.74) is 8.83. The van der Waals surface area contributed by atoms with Gasteiger partial charge in [-0.15, -0.1) is 37.1 Å². The molecule has 1 fully saturated rings. The number of hydrogen-bond acceptors (Lipinski definition) is 4. The molecule has 1 heterocycles. The van der Waals surface area contributed by atoms with Crippen molar-refractivity contribution in [2.24, 2.45) is 16.6 Å². The lowest BCUT2D eigenvalue weighted by Gasteiger charge is -2.33. The minimum atomic E-state index is -4.71. The van der Waals surface area contributed by atoms with E-state index in [9.17, 15) is 18.3 Å². The van der Waals surface area contributed by atoms with E-state index in [-0.39, 0.29) is 48.8 Å². The van der Waals surface area contributed by atoms with Crippen LogP contribution in [-0.4, -0.2) is 37.1 Å². The maximum absolute atomic E-state index is 12.2. The zero-order chi connectivity index (χ0) is 22.3. The van der Waals surface area contributed by atoms with E-state index >= 15 is 0 Å². The number of nitrogens with one attached hydrogen (secondary N) is 1. The van der Waals surface area contributed by atoms with Crippen LogP contribution in [0.5, 0.6) is 5.75 Å². The van der Waals surface area contributed by atoms with Crippen molar-refractivity contribution in [1.82, 2.24) is 5.32 Å². The molecule has 0 spiro atoms. The fraction of sp³-hybridized carbons (Fsp3) is 0.409. The number of benzene rings is 2. The van der Waals surface area contributed by atoms with Gasteiger partial charge in [0.1, 0.15) is 5.75 Å². The molecule has 0 radical (unpaired) electrons. The van der Waals surface area contributed by atoms with Crippen LogP contribution in [0.1, 0.15) is 24.0 Å². The Balaban J connectivity index is 0.00000363. The number of aliphatic hydroxyl groups excluding tert-OH is 1. The molecular weight excluding hydrogens is 536 g/mol. The van der Waals surface area contributed by atoms with Crippen LogP contribution in [0.25, 0.3) is 0 Å². The molecule has 10 heteroatoms. The van der Waals surface area contributed by atoms with Gasteiger partial charge in [-0.05, 0) is 54.2 Å². The average molecular weight is 564 g/mol. The Morgan fingerprint density at radius 3 is 2.22 bits per heavy atom. The van der Waals surface area contributed by atoms with Crippen molar-refractivity contribution in [3.8, 4) is 5.75 Å². The molecule has 0 unspecified atom stereocenters. The molecule has 0 aliphatic carbocycles. The smallest absolute Gasteiger partial charge is 0.406 e. The molecule has 2 aromatic rings. The van der Waals surface area contributed by atoms with Crippen molar-refractivity contribution in [3.63, 3.8) is 0 Å². The number of nitrogens with two attached hydrogens (primary N) is 1. The minimum absolute atomic E-state index is 0. The van der Waals surface area contributed by atoms with Crippen LogP contribution in [0.2, 0.25) is 0 Å². The van der Waals surface area contributed by atoms with Crippen molar-refractivity contribution in [2.45, 2.75) is 32.3 Å². The largest absolute Gasteiger partial charge is 0.573 e. The Hall–Kier alpha value is -2.21. The molecule has 0 aromatic heterocycles. The van der Waals surface area contributed by atoms with E-state index in [4.69, 9.17) is 5.73 Å². The Labute approximate surface area is 202 Å². The Bertz CT molecular complexity index is 853. The second-order valence-corrected chi connectivity index (χ2v) is 7.53. The molecular formula is C22H28F3IN4O2. The van der Waals surface area contributed by atoms with E-state index in [0.717, 1.165) is 31.5 Å². The topological polar surface area (TPSA) is 83.1 Å². The average Bonchev–Trinajstić information content (AvgIpc) is 2.76. The fourth-order valence-corrected chi connectivity index (χ4v) is 3.42. The Kier molecular flexibility index (Phi) is 9.88. The normalized spacial score (nSPS) is 15.2. The molecule has 0 atom stereocenters. The third-order valence-corrected chi connectivity index (χ3v) is 5.24. The number of hydrogen-bond donors (Lipinski definition) is 3. The van der Waals surface area contributed by atoms with Gasteiger partial charge in [-0.2, -0.15) is 0 Å². The first-order chi connectivity index (χ1) is 14.8. The van der Waals surface area contributed by atoms with Gasteiger partial charge in [-0.3, -0.25) is 0 Å². The Morgan fingerprint density at radius 2 is 1.66 bits per heavy atom. The highest BCUT2D eigenvalue weighted by molar-refractivity contribution is 14.0. The maximum atomic E-state index is 12.2. The fourth-order valence-electron chi connectivity index (χ4n) is 3.42. The van der Waals surface area contributed by atoms with Crippen molar-refractivity contribution in [2.75, 3.05) is 24.6 Å². The van der Waals surface area contributed by atoms with Crippen LogP contribution >= 0.6 is 24.0 Å². The standard InChI is InChI=1S/C22H27F3N4O2.HI/c23-22(24,25)31-20-7-3-17(4-8-20)14-28-21(26)27-13-16-1-5-19(6-2-16)29-11-9-18(15-30)10-12-29;/h1-8,18,30H,9-15H2,(H3,26,27,28);1H. The number of rotatable bonds is 7. The van der Waals surface area contributed by atoms with Gasteiger partial charge in [0.15, 0.2) is 5.96 Å². The predicted molar refractivity (Wildman–Crippen MR) is 129 cm³/mol. The summed E-state index contributed by atoms with van der Waals surface area (Å²) < 4.78 is 40.4. The third kappa shape index (κ3) is 8.38. The maximum Gasteiger partial charge on any atom is 0.573 e. The van der Waals surface area contributed by atoms with Crippen molar-refractivity contribution >= 4 is 35.6 Å². The summed E-state index contributed by atoms with van der Waals surface area (Å²) in [6.45, 7) is 2.92. The van der Waals surface area contributed by atoms with Crippen LogP contribution < -0.4 is 20.7 Å². The first kappa shape index (κ1) is 26.0. The van der Waals surface area contributed by atoms with E-state index < -0.39 is 6.36 Å². The monoisotopic (exact) mass is 564 g/mol. The van der Waals surface area contributed by atoms with E-state index in [2.05, 4.69) is 32.1 Å². The molecule has 0 amide bonds. The van der Waals surface area contributed by atoms with Crippen LogP contribution in [0, 0.1) is 5.92 Å². The number of nitrogens with zero attached hydrogens (tertiary/aromatic N) is 2. The van der Waals surface area contributed by atoms with Crippen molar-refractivity contribution < 1.29 is 23.0 Å². The molecule has 1 saturated heterocycles. The van der Waals surface area contributed by atoms with E-state index in [1.165, 1.54) is 30.0 Å². The molecule has 6 nitrogen and oxygen atoms in total. The lowest BCUT2D eigenvalue weighted by Crippen LogP contribution is -2.34. The first-order valence-corrected chi connectivity index (χ1v) is 10.2. The van der Waals surface area contributed by atoms with Gasteiger partial charge < -0.3 is 25.8 Å². The molecule has 3 rings (SSSR count). The van der Waals surface area contributed by atoms with Crippen LogP contribution in [0.4, 0.5) is 18.9 Å². The van der Waals surface area contributed by atoms with E-state index in [0.29, 0.717) is 18.0 Å². The number of aliphatic imine (C=N–C) groups is 1. The lowest BCUT2D eigenvalue weighted by molar-refractivity contribution is -0.274. The lowest BCUT2D eigenvalue weighted by atomic mass is 9.97. The molecule has 176 valence electrons. The van der Waals surface area contributed by atoms with Gasteiger partial charge in [0.25, 0.3) is 0 Å². The number of ether oxygens (including phenoxy) is 1. The molecule has 0 bridgehead atoms. The molecule has 0 saturated carbocycles. The number of piperidine rings is 1. The molecule has 1 aliphatic heterocycles. The highest BCUT2D eigenvalue weighted by Gasteiger charge is 2.30. The van der Waals surface area contributed by atoms with Crippen molar-refractivity contribution in [3.05, 3.63) is 59.7 Å². The van der Waals surface area contributed by atoms with Gasteiger partial charge in [-0.1, -0.05) is 24.3 Å².